The molecule has 0 aliphatic carbocycles. The van der Waals surface area contributed by atoms with Gasteiger partial charge in [-0.1, -0.05) is 34.8 Å². The first-order valence-corrected chi connectivity index (χ1v) is 6.84. The third-order valence-electron chi connectivity index (χ3n) is 2.25. The number of esters is 1. The van der Waals surface area contributed by atoms with Crippen LogP contribution in [0.4, 0.5) is 0 Å². The maximum Gasteiger partial charge on any atom is 0.326 e. The molecule has 3 N–H and O–H groups in total. The lowest BCUT2D eigenvalue weighted by atomic mass is 10.0. The standard InChI is InChI=1S/C12H15Cl3N2O3/c1-12(2,3)20-11(19)8(16)9(18)7-5(13)4-6(14)17-10(7)15/h4,8-9,18H,16H2,1-3H3/t8-,9+/m0/s1. The van der Waals surface area contributed by atoms with Gasteiger partial charge in [0.1, 0.15) is 28.1 Å². The second kappa shape index (κ2) is 6.45. The van der Waals surface area contributed by atoms with Gasteiger partial charge in [-0.3, -0.25) is 4.79 Å². The third-order valence-corrected chi connectivity index (χ3v) is 3.04. The van der Waals surface area contributed by atoms with Gasteiger partial charge in [0.25, 0.3) is 0 Å². The Hall–Kier alpha value is -0.590. The summed E-state index contributed by atoms with van der Waals surface area (Å²) in [4.78, 5) is 15.6. The quantitative estimate of drug-likeness (QED) is 0.652. The summed E-state index contributed by atoms with van der Waals surface area (Å²) in [5.41, 5.74) is 4.99. The summed E-state index contributed by atoms with van der Waals surface area (Å²) in [5.74, 6) is -0.771. The average Bonchev–Trinajstić information content (AvgIpc) is 2.23. The Labute approximate surface area is 132 Å². The molecule has 0 bridgehead atoms. The van der Waals surface area contributed by atoms with Crippen molar-refractivity contribution in [2.75, 3.05) is 0 Å². The SMILES string of the molecule is CC(C)(C)OC(=O)[C@@H](N)[C@H](O)c1c(Cl)cc(Cl)nc1Cl. The molecule has 0 unspecified atom stereocenters. The first-order valence-electron chi connectivity index (χ1n) is 5.71. The molecule has 20 heavy (non-hydrogen) atoms. The molecule has 0 spiro atoms. The average molecular weight is 342 g/mol. The lowest BCUT2D eigenvalue weighted by molar-refractivity contribution is -0.159. The van der Waals surface area contributed by atoms with Crippen LogP contribution >= 0.6 is 34.8 Å². The molecular formula is C12H15Cl3N2O3. The zero-order valence-corrected chi connectivity index (χ0v) is 13.4. The Kier molecular flexibility index (Phi) is 5.63. The van der Waals surface area contributed by atoms with E-state index in [9.17, 15) is 9.90 Å². The van der Waals surface area contributed by atoms with Crippen molar-refractivity contribution in [3.8, 4) is 0 Å². The van der Waals surface area contributed by atoms with E-state index in [0.29, 0.717) is 0 Å². The number of rotatable bonds is 3. The van der Waals surface area contributed by atoms with Crippen LogP contribution in [-0.2, 0) is 9.53 Å². The number of carbonyl (C=O) groups is 1. The van der Waals surface area contributed by atoms with E-state index in [1.165, 1.54) is 6.07 Å². The molecule has 2 atom stereocenters. The molecule has 1 rings (SSSR count). The lowest BCUT2D eigenvalue weighted by Crippen LogP contribution is -2.41. The maximum atomic E-state index is 11.8. The van der Waals surface area contributed by atoms with Crippen molar-refractivity contribution in [1.82, 2.24) is 4.98 Å². The molecule has 0 aromatic carbocycles. The zero-order chi connectivity index (χ0) is 15.7. The molecule has 0 saturated carbocycles. The molecular weight excluding hydrogens is 327 g/mol. The van der Waals surface area contributed by atoms with E-state index >= 15 is 0 Å². The van der Waals surface area contributed by atoms with Crippen LogP contribution in [0.15, 0.2) is 6.07 Å². The summed E-state index contributed by atoms with van der Waals surface area (Å²) in [6.07, 6.45) is -1.45. The van der Waals surface area contributed by atoms with Crippen LogP contribution < -0.4 is 5.73 Å². The van der Waals surface area contributed by atoms with Crippen LogP contribution in [0.25, 0.3) is 0 Å². The molecule has 5 nitrogen and oxygen atoms in total. The highest BCUT2D eigenvalue weighted by Gasteiger charge is 2.32. The number of aliphatic hydroxyl groups excluding tert-OH is 1. The van der Waals surface area contributed by atoms with Crippen LogP contribution in [-0.4, -0.2) is 27.7 Å². The van der Waals surface area contributed by atoms with Gasteiger partial charge in [-0.25, -0.2) is 4.98 Å². The van der Waals surface area contributed by atoms with Crippen LogP contribution in [0.2, 0.25) is 15.3 Å². The van der Waals surface area contributed by atoms with Crippen LogP contribution in [0.1, 0.15) is 32.4 Å². The summed E-state index contributed by atoms with van der Waals surface area (Å²) in [6.45, 7) is 5.06. The van der Waals surface area contributed by atoms with Gasteiger partial charge in [0.2, 0.25) is 0 Å². The Morgan fingerprint density at radius 3 is 2.40 bits per heavy atom. The summed E-state index contributed by atoms with van der Waals surface area (Å²) in [5, 5.41) is 10.2. The number of hydrogen-bond donors (Lipinski definition) is 2. The van der Waals surface area contributed by atoms with Crippen molar-refractivity contribution in [2.45, 2.75) is 38.5 Å². The molecule has 0 aliphatic heterocycles. The number of nitrogens with zero attached hydrogens (tertiary/aromatic N) is 1. The molecule has 112 valence electrons. The minimum atomic E-state index is -1.45. The van der Waals surface area contributed by atoms with Gasteiger partial charge in [0.05, 0.1) is 5.02 Å². The molecule has 8 heteroatoms. The van der Waals surface area contributed by atoms with Gasteiger partial charge in [0.15, 0.2) is 0 Å². The second-order valence-corrected chi connectivity index (χ2v) is 6.29. The van der Waals surface area contributed by atoms with E-state index in [1.807, 2.05) is 0 Å². The van der Waals surface area contributed by atoms with E-state index in [-0.39, 0.29) is 20.9 Å². The number of ether oxygens (including phenoxy) is 1. The van der Waals surface area contributed by atoms with E-state index in [4.69, 9.17) is 45.3 Å². The Balaban J connectivity index is 3.01. The number of pyridine rings is 1. The molecule has 1 aromatic rings. The molecule has 0 radical (unpaired) electrons. The van der Waals surface area contributed by atoms with Gasteiger partial charge >= 0.3 is 5.97 Å². The fraction of sp³-hybridized carbons (Fsp3) is 0.500. The lowest BCUT2D eigenvalue weighted by Gasteiger charge is -2.25. The largest absolute Gasteiger partial charge is 0.459 e. The van der Waals surface area contributed by atoms with Gasteiger partial charge in [-0.2, -0.15) is 0 Å². The number of nitrogens with two attached hydrogens (primary N) is 1. The minimum Gasteiger partial charge on any atom is -0.459 e. The second-order valence-electron chi connectivity index (χ2n) is 5.14. The predicted octanol–water partition coefficient (Wildman–Crippen LogP) is 2.74. The number of hydrogen-bond acceptors (Lipinski definition) is 5. The summed E-state index contributed by atoms with van der Waals surface area (Å²) in [7, 11) is 0. The number of aliphatic hydroxyl groups is 1. The maximum absolute atomic E-state index is 11.8. The summed E-state index contributed by atoms with van der Waals surface area (Å²) < 4.78 is 5.09. The molecule has 0 fully saturated rings. The van der Waals surface area contributed by atoms with E-state index < -0.39 is 23.7 Å². The van der Waals surface area contributed by atoms with Crippen molar-refractivity contribution in [3.63, 3.8) is 0 Å². The van der Waals surface area contributed by atoms with Crippen molar-refractivity contribution >= 4 is 40.8 Å². The zero-order valence-electron chi connectivity index (χ0n) is 11.2. The van der Waals surface area contributed by atoms with E-state index in [0.717, 1.165) is 0 Å². The smallest absolute Gasteiger partial charge is 0.326 e. The fourth-order valence-corrected chi connectivity index (χ4v) is 2.36. The number of carbonyl (C=O) groups excluding carboxylic acids is 1. The number of aromatic nitrogens is 1. The number of halogens is 3. The first-order chi connectivity index (χ1) is 9.03. The van der Waals surface area contributed by atoms with Gasteiger partial charge in [0, 0.05) is 5.56 Å². The van der Waals surface area contributed by atoms with Crippen molar-refractivity contribution in [3.05, 3.63) is 27.0 Å². The summed E-state index contributed by atoms with van der Waals surface area (Å²) in [6, 6.07) is -0.0396. The Morgan fingerprint density at radius 1 is 1.40 bits per heavy atom. The highest BCUT2D eigenvalue weighted by Crippen LogP contribution is 2.32. The monoisotopic (exact) mass is 340 g/mol. The van der Waals surface area contributed by atoms with Crippen LogP contribution in [0.3, 0.4) is 0 Å². The van der Waals surface area contributed by atoms with Gasteiger partial charge in [-0.05, 0) is 26.8 Å². The van der Waals surface area contributed by atoms with Crippen molar-refractivity contribution in [2.24, 2.45) is 5.73 Å². The molecule has 1 aromatic heterocycles. The highest BCUT2D eigenvalue weighted by atomic mass is 35.5. The third kappa shape index (κ3) is 4.46. The van der Waals surface area contributed by atoms with Gasteiger partial charge in [-0.15, -0.1) is 0 Å². The van der Waals surface area contributed by atoms with E-state index in [1.54, 1.807) is 20.8 Å². The van der Waals surface area contributed by atoms with Crippen molar-refractivity contribution < 1.29 is 14.6 Å². The molecule has 0 aliphatic rings. The first kappa shape index (κ1) is 17.5. The van der Waals surface area contributed by atoms with E-state index in [2.05, 4.69) is 4.98 Å². The predicted molar refractivity (Wildman–Crippen MR) is 78.0 cm³/mol. The Morgan fingerprint density at radius 2 is 1.95 bits per heavy atom. The molecule has 0 saturated heterocycles. The summed E-state index contributed by atoms with van der Waals surface area (Å²) >= 11 is 17.5. The van der Waals surface area contributed by atoms with Crippen molar-refractivity contribution in [1.29, 1.82) is 0 Å². The fourth-order valence-electron chi connectivity index (χ4n) is 1.41. The molecule has 0 amide bonds. The Bertz CT molecular complexity index is 494. The topological polar surface area (TPSA) is 85.4 Å². The minimum absolute atomic E-state index is 0.0380. The molecule has 1 heterocycles. The van der Waals surface area contributed by atoms with Gasteiger partial charge < -0.3 is 15.6 Å². The highest BCUT2D eigenvalue weighted by molar-refractivity contribution is 6.37. The van der Waals surface area contributed by atoms with Crippen LogP contribution in [0.5, 0.6) is 0 Å². The normalized spacial score (nSPS) is 14.8. The van der Waals surface area contributed by atoms with Crippen LogP contribution in [0, 0.1) is 0 Å².